The molecule has 0 fully saturated rings. The summed E-state index contributed by atoms with van der Waals surface area (Å²) in [4.78, 5) is 22.1. The molecule has 1 aromatic rings. The Kier molecular flexibility index (Phi) is 2.82. The summed E-state index contributed by atoms with van der Waals surface area (Å²) in [6, 6.07) is 6.83. The molecule has 0 amide bonds. The van der Waals surface area contributed by atoms with Crippen LogP contribution in [0.25, 0.3) is 0 Å². The van der Waals surface area contributed by atoms with E-state index in [0.717, 1.165) is 6.08 Å². The minimum atomic E-state index is -1.17. The van der Waals surface area contributed by atoms with E-state index in [1.807, 2.05) is 0 Å². The molecule has 0 aromatic heterocycles. The van der Waals surface area contributed by atoms with Crippen LogP contribution < -0.4 is 4.74 Å². The average Bonchev–Trinajstić information content (AvgIpc) is 2.71. The zero-order valence-electron chi connectivity index (χ0n) is 9.04. The molecule has 0 saturated heterocycles. The first kappa shape index (κ1) is 11.2. The second-order valence-electron chi connectivity index (χ2n) is 3.46. The zero-order valence-corrected chi connectivity index (χ0v) is 9.04. The Labute approximate surface area is 97.3 Å². The van der Waals surface area contributed by atoms with Gasteiger partial charge >= 0.3 is 11.9 Å². The lowest BCUT2D eigenvalue weighted by molar-refractivity contribution is -0.140. The molecule has 1 N–H and O–H groups in total. The van der Waals surface area contributed by atoms with E-state index in [-0.39, 0.29) is 5.57 Å². The van der Waals surface area contributed by atoms with Crippen LogP contribution in [0.15, 0.2) is 35.9 Å². The number of esters is 1. The van der Waals surface area contributed by atoms with E-state index in [9.17, 15) is 9.59 Å². The second kappa shape index (κ2) is 4.29. The minimum absolute atomic E-state index is 0.0838. The van der Waals surface area contributed by atoms with Gasteiger partial charge in [-0.25, -0.2) is 9.59 Å². The van der Waals surface area contributed by atoms with Gasteiger partial charge < -0.3 is 14.6 Å². The van der Waals surface area contributed by atoms with Crippen LogP contribution in [0.5, 0.6) is 5.75 Å². The summed E-state index contributed by atoms with van der Waals surface area (Å²) in [6.45, 7) is 0. The van der Waals surface area contributed by atoms with E-state index in [4.69, 9.17) is 14.6 Å². The number of carboxylic acids is 1. The molecule has 0 saturated carbocycles. The summed E-state index contributed by atoms with van der Waals surface area (Å²) < 4.78 is 10.1. The van der Waals surface area contributed by atoms with Gasteiger partial charge in [-0.2, -0.15) is 0 Å². The van der Waals surface area contributed by atoms with Crippen molar-refractivity contribution in [3.05, 3.63) is 41.5 Å². The van der Waals surface area contributed by atoms with Gasteiger partial charge in [-0.05, 0) is 6.07 Å². The molecule has 5 nitrogen and oxygen atoms in total. The van der Waals surface area contributed by atoms with Crippen molar-refractivity contribution in [1.29, 1.82) is 0 Å². The predicted molar refractivity (Wildman–Crippen MR) is 57.5 cm³/mol. The smallest absolute Gasteiger partial charge is 0.335 e. The second-order valence-corrected chi connectivity index (χ2v) is 3.46. The number of hydrogen-bond acceptors (Lipinski definition) is 4. The average molecular weight is 234 g/mol. The largest absolute Gasteiger partial charge is 0.496 e. The Morgan fingerprint density at radius 1 is 1.41 bits per heavy atom. The molecule has 1 aromatic carbocycles. The number of carbonyl (C=O) groups is 2. The SMILES string of the molecule is COc1ccccc1C1OC(=O)C=C1C(=O)O. The number of cyclic esters (lactones) is 1. The van der Waals surface area contributed by atoms with Crippen molar-refractivity contribution in [2.24, 2.45) is 0 Å². The number of rotatable bonds is 3. The van der Waals surface area contributed by atoms with Gasteiger partial charge in [0.15, 0.2) is 6.10 Å². The number of para-hydroxylation sites is 1. The van der Waals surface area contributed by atoms with E-state index in [0.29, 0.717) is 11.3 Å². The number of methoxy groups -OCH3 is 1. The van der Waals surface area contributed by atoms with E-state index >= 15 is 0 Å². The van der Waals surface area contributed by atoms with Crippen LogP contribution in [0.3, 0.4) is 0 Å². The van der Waals surface area contributed by atoms with Crippen LogP contribution in [0.1, 0.15) is 11.7 Å². The van der Waals surface area contributed by atoms with Crippen LogP contribution in [-0.2, 0) is 14.3 Å². The first-order valence-corrected chi connectivity index (χ1v) is 4.92. The van der Waals surface area contributed by atoms with E-state index < -0.39 is 18.0 Å². The standard InChI is InChI=1S/C12H10O5/c1-16-9-5-3-2-4-7(9)11-8(12(14)15)6-10(13)17-11/h2-6,11H,1H3,(H,14,15). The molecule has 1 unspecified atom stereocenters. The molecule has 17 heavy (non-hydrogen) atoms. The molecule has 1 atom stereocenters. The van der Waals surface area contributed by atoms with Crippen molar-refractivity contribution >= 4 is 11.9 Å². The van der Waals surface area contributed by atoms with Gasteiger partial charge in [-0.1, -0.05) is 18.2 Å². The van der Waals surface area contributed by atoms with Crippen LogP contribution in [0, 0.1) is 0 Å². The maximum Gasteiger partial charge on any atom is 0.335 e. The fourth-order valence-corrected chi connectivity index (χ4v) is 1.70. The van der Waals surface area contributed by atoms with Crippen molar-refractivity contribution in [3.63, 3.8) is 0 Å². The molecule has 1 aliphatic rings. The maximum atomic E-state index is 11.1. The van der Waals surface area contributed by atoms with Gasteiger partial charge in [0.2, 0.25) is 0 Å². The minimum Gasteiger partial charge on any atom is -0.496 e. The van der Waals surface area contributed by atoms with Crippen molar-refractivity contribution < 1.29 is 24.2 Å². The van der Waals surface area contributed by atoms with Gasteiger partial charge in [-0.3, -0.25) is 0 Å². The highest BCUT2D eigenvalue weighted by molar-refractivity contribution is 5.99. The van der Waals surface area contributed by atoms with Crippen molar-refractivity contribution in [2.45, 2.75) is 6.10 Å². The number of ether oxygens (including phenoxy) is 2. The molecule has 0 bridgehead atoms. The Balaban J connectivity index is 2.44. The number of aliphatic carboxylic acids is 1. The molecule has 1 heterocycles. The summed E-state index contributed by atoms with van der Waals surface area (Å²) in [6.07, 6.45) is 0.0792. The third-order valence-electron chi connectivity index (χ3n) is 2.46. The Morgan fingerprint density at radius 2 is 2.12 bits per heavy atom. The number of hydrogen-bond donors (Lipinski definition) is 1. The van der Waals surface area contributed by atoms with Crippen LogP contribution in [0.4, 0.5) is 0 Å². The van der Waals surface area contributed by atoms with Gasteiger partial charge in [0.25, 0.3) is 0 Å². The third kappa shape index (κ3) is 1.99. The first-order chi connectivity index (χ1) is 8.13. The lowest BCUT2D eigenvalue weighted by Gasteiger charge is -2.15. The summed E-state index contributed by atoms with van der Waals surface area (Å²) >= 11 is 0. The monoisotopic (exact) mass is 234 g/mol. The van der Waals surface area contributed by atoms with E-state index in [1.165, 1.54) is 7.11 Å². The van der Waals surface area contributed by atoms with Gasteiger partial charge in [0.1, 0.15) is 5.75 Å². The Hall–Kier alpha value is -2.30. The fourth-order valence-electron chi connectivity index (χ4n) is 1.70. The number of carbonyl (C=O) groups excluding carboxylic acids is 1. The maximum absolute atomic E-state index is 11.1. The molecular weight excluding hydrogens is 224 g/mol. The van der Waals surface area contributed by atoms with Gasteiger partial charge in [0, 0.05) is 11.6 Å². The molecule has 0 radical (unpaired) electrons. The van der Waals surface area contributed by atoms with Crippen molar-refractivity contribution in [2.75, 3.05) is 7.11 Å². The summed E-state index contributed by atoms with van der Waals surface area (Å²) in [5.41, 5.74) is 0.439. The lowest BCUT2D eigenvalue weighted by Crippen LogP contribution is -2.10. The molecule has 2 rings (SSSR count). The topological polar surface area (TPSA) is 72.8 Å². The van der Waals surface area contributed by atoms with Crippen LogP contribution in [-0.4, -0.2) is 24.2 Å². The van der Waals surface area contributed by atoms with Crippen LogP contribution in [0.2, 0.25) is 0 Å². The molecule has 88 valence electrons. The predicted octanol–water partition coefficient (Wildman–Crippen LogP) is 1.30. The number of benzene rings is 1. The van der Waals surface area contributed by atoms with E-state index in [2.05, 4.69) is 0 Å². The molecule has 1 aliphatic heterocycles. The summed E-state index contributed by atoms with van der Waals surface area (Å²) in [5.74, 6) is -1.34. The van der Waals surface area contributed by atoms with Gasteiger partial charge in [0.05, 0.1) is 12.7 Å². The van der Waals surface area contributed by atoms with Gasteiger partial charge in [-0.15, -0.1) is 0 Å². The zero-order chi connectivity index (χ0) is 12.4. The number of carboxylic acid groups (broad SMARTS) is 1. The van der Waals surface area contributed by atoms with Crippen molar-refractivity contribution in [3.8, 4) is 5.75 Å². The highest BCUT2D eigenvalue weighted by Crippen LogP contribution is 2.36. The summed E-state index contributed by atoms with van der Waals surface area (Å²) in [5, 5.41) is 8.99. The molecule has 0 spiro atoms. The van der Waals surface area contributed by atoms with E-state index in [1.54, 1.807) is 24.3 Å². The Bertz CT molecular complexity index is 503. The van der Waals surface area contributed by atoms with Crippen LogP contribution >= 0.6 is 0 Å². The highest BCUT2D eigenvalue weighted by atomic mass is 16.6. The highest BCUT2D eigenvalue weighted by Gasteiger charge is 2.34. The quantitative estimate of drug-likeness (QED) is 0.798. The lowest BCUT2D eigenvalue weighted by atomic mass is 10.0. The van der Waals surface area contributed by atoms with Crippen molar-refractivity contribution in [1.82, 2.24) is 0 Å². The third-order valence-corrected chi connectivity index (χ3v) is 2.46. The molecule has 5 heteroatoms. The molecular formula is C12H10O5. The fraction of sp³-hybridized carbons (Fsp3) is 0.167. The first-order valence-electron chi connectivity index (χ1n) is 4.92. The molecule has 0 aliphatic carbocycles. The summed E-state index contributed by atoms with van der Waals surface area (Å²) in [7, 11) is 1.47. The normalized spacial score (nSPS) is 18.5. The Morgan fingerprint density at radius 3 is 2.76 bits per heavy atom.